The van der Waals surface area contributed by atoms with Gasteiger partial charge in [0.1, 0.15) is 5.82 Å². The Balaban J connectivity index is 1.84. The number of hydrogen-bond acceptors (Lipinski definition) is 3. The van der Waals surface area contributed by atoms with Gasteiger partial charge in [0.25, 0.3) is 0 Å². The largest absolute Gasteiger partial charge is 0.392 e. The summed E-state index contributed by atoms with van der Waals surface area (Å²) in [5.41, 5.74) is 1.48. The summed E-state index contributed by atoms with van der Waals surface area (Å²) in [6.45, 7) is -0.0192. The predicted octanol–water partition coefficient (Wildman–Crippen LogP) is 3.05. The number of nitrogens with one attached hydrogen (secondary N) is 1. The summed E-state index contributed by atoms with van der Waals surface area (Å²) in [6.07, 6.45) is 0. The molecule has 0 aliphatic carbocycles. The number of amides is 1. The fourth-order valence-electron chi connectivity index (χ4n) is 1.57. The van der Waals surface area contributed by atoms with E-state index in [9.17, 15) is 9.18 Å². The third-order valence-corrected chi connectivity index (χ3v) is 3.62. The molecule has 0 atom stereocenters. The third-order valence-electron chi connectivity index (χ3n) is 2.60. The third kappa shape index (κ3) is 4.36. The Morgan fingerprint density at radius 3 is 2.35 bits per heavy atom. The van der Waals surface area contributed by atoms with Crippen molar-refractivity contribution in [1.82, 2.24) is 0 Å². The Labute approximate surface area is 120 Å². The first-order valence-electron chi connectivity index (χ1n) is 6.05. The van der Waals surface area contributed by atoms with Gasteiger partial charge in [0.05, 0.1) is 12.4 Å². The van der Waals surface area contributed by atoms with Gasteiger partial charge in [0.15, 0.2) is 0 Å². The van der Waals surface area contributed by atoms with Crippen molar-refractivity contribution in [3.8, 4) is 0 Å². The van der Waals surface area contributed by atoms with Gasteiger partial charge >= 0.3 is 0 Å². The highest BCUT2D eigenvalue weighted by molar-refractivity contribution is 8.00. The number of aliphatic hydroxyl groups is 1. The Kier molecular flexibility index (Phi) is 5.15. The van der Waals surface area contributed by atoms with E-state index in [0.29, 0.717) is 5.69 Å². The highest BCUT2D eigenvalue weighted by atomic mass is 32.2. The number of benzene rings is 2. The fraction of sp³-hybridized carbons (Fsp3) is 0.133. The van der Waals surface area contributed by atoms with E-state index in [1.165, 1.54) is 23.9 Å². The molecule has 0 spiro atoms. The molecule has 104 valence electrons. The molecular weight excluding hydrogens is 277 g/mol. The number of anilines is 1. The summed E-state index contributed by atoms with van der Waals surface area (Å²) in [7, 11) is 0. The lowest BCUT2D eigenvalue weighted by atomic mass is 10.2. The molecule has 2 N–H and O–H groups in total. The lowest BCUT2D eigenvalue weighted by Crippen LogP contribution is -2.13. The van der Waals surface area contributed by atoms with Crippen LogP contribution < -0.4 is 5.32 Å². The van der Waals surface area contributed by atoms with Crippen molar-refractivity contribution in [1.29, 1.82) is 0 Å². The zero-order valence-corrected chi connectivity index (χ0v) is 11.5. The van der Waals surface area contributed by atoms with E-state index < -0.39 is 0 Å². The smallest absolute Gasteiger partial charge is 0.234 e. The molecule has 0 unspecified atom stereocenters. The minimum absolute atomic E-state index is 0.0192. The van der Waals surface area contributed by atoms with Crippen LogP contribution in [-0.4, -0.2) is 16.8 Å². The molecule has 0 aromatic heterocycles. The minimum Gasteiger partial charge on any atom is -0.392 e. The molecule has 0 bridgehead atoms. The quantitative estimate of drug-likeness (QED) is 0.832. The standard InChI is InChI=1S/C15H14FNO2S/c16-12-3-7-14(8-4-12)20-10-15(19)17-13-5-1-11(9-18)2-6-13/h1-8,18H,9-10H2,(H,17,19). The molecule has 1 amide bonds. The maximum atomic E-state index is 12.7. The Hall–Kier alpha value is -1.85. The maximum absolute atomic E-state index is 12.7. The van der Waals surface area contributed by atoms with Crippen LogP contribution in [0.4, 0.5) is 10.1 Å². The molecule has 20 heavy (non-hydrogen) atoms. The molecule has 2 aromatic carbocycles. The Morgan fingerprint density at radius 1 is 1.10 bits per heavy atom. The van der Waals surface area contributed by atoms with E-state index in [1.807, 2.05) is 0 Å². The van der Waals surface area contributed by atoms with E-state index in [-0.39, 0.29) is 24.1 Å². The van der Waals surface area contributed by atoms with Gasteiger partial charge in [-0.2, -0.15) is 0 Å². The first-order valence-corrected chi connectivity index (χ1v) is 7.04. The number of halogens is 1. The molecule has 3 nitrogen and oxygen atoms in total. The van der Waals surface area contributed by atoms with Crippen molar-refractivity contribution in [2.24, 2.45) is 0 Å². The van der Waals surface area contributed by atoms with Crippen LogP contribution in [0.15, 0.2) is 53.4 Å². The number of aliphatic hydroxyl groups excluding tert-OH is 1. The summed E-state index contributed by atoms with van der Waals surface area (Å²) < 4.78 is 12.7. The predicted molar refractivity (Wildman–Crippen MR) is 78.1 cm³/mol. The maximum Gasteiger partial charge on any atom is 0.234 e. The molecule has 0 aliphatic rings. The topological polar surface area (TPSA) is 49.3 Å². The van der Waals surface area contributed by atoms with Crippen molar-refractivity contribution in [3.05, 3.63) is 59.9 Å². The van der Waals surface area contributed by atoms with Gasteiger partial charge in [-0.15, -0.1) is 11.8 Å². The number of carbonyl (C=O) groups excluding carboxylic acids is 1. The lowest BCUT2D eigenvalue weighted by molar-refractivity contribution is -0.113. The molecule has 2 rings (SSSR count). The second-order valence-electron chi connectivity index (χ2n) is 4.15. The van der Waals surface area contributed by atoms with E-state index >= 15 is 0 Å². The normalized spacial score (nSPS) is 10.3. The number of carbonyl (C=O) groups is 1. The lowest BCUT2D eigenvalue weighted by Gasteiger charge is -2.06. The van der Waals surface area contributed by atoms with E-state index in [4.69, 9.17) is 5.11 Å². The molecule has 0 aliphatic heterocycles. The second-order valence-corrected chi connectivity index (χ2v) is 5.19. The van der Waals surface area contributed by atoms with Gasteiger partial charge in [0.2, 0.25) is 5.91 Å². The van der Waals surface area contributed by atoms with Crippen molar-refractivity contribution in [3.63, 3.8) is 0 Å². The van der Waals surface area contributed by atoms with Gasteiger partial charge in [-0.1, -0.05) is 12.1 Å². The molecule has 2 aromatic rings. The van der Waals surface area contributed by atoms with Crippen LogP contribution in [0.5, 0.6) is 0 Å². The average molecular weight is 291 g/mol. The Morgan fingerprint density at radius 2 is 1.75 bits per heavy atom. The highest BCUT2D eigenvalue weighted by Crippen LogP contribution is 2.18. The van der Waals surface area contributed by atoms with E-state index in [2.05, 4.69) is 5.32 Å². The van der Waals surface area contributed by atoms with Crippen LogP contribution in [0.25, 0.3) is 0 Å². The van der Waals surface area contributed by atoms with E-state index in [1.54, 1.807) is 36.4 Å². The zero-order valence-electron chi connectivity index (χ0n) is 10.7. The zero-order chi connectivity index (χ0) is 14.4. The van der Waals surface area contributed by atoms with Gasteiger partial charge in [-0.25, -0.2) is 4.39 Å². The van der Waals surface area contributed by atoms with E-state index in [0.717, 1.165) is 10.5 Å². The van der Waals surface area contributed by atoms with Crippen LogP contribution in [0.1, 0.15) is 5.56 Å². The number of rotatable bonds is 5. The van der Waals surface area contributed by atoms with Crippen molar-refractivity contribution in [2.75, 3.05) is 11.1 Å². The van der Waals surface area contributed by atoms with Crippen molar-refractivity contribution in [2.45, 2.75) is 11.5 Å². The molecule has 0 radical (unpaired) electrons. The fourth-order valence-corrected chi connectivity index (χ4v) is 2.27. The molecule has 5 heteroatoms. The molecule has 0 fully saturated rings. The van der Waals surface area contributed by atoms with Crippen LogP contribution in [-0.2, 0) is 11.4 Å². The monoisotopic (exact) mass is 291 g/mol. The van der Waals surface area contributed by atoms with Crippen molar-refractivity contribution < 1.29 is 14.3 Å². The molecule has 0 saturated heterocycles. The average Bonchev–Trinajstić information content (AvgIpc) is 2.47. The summed E-state index contributed by atoms with van der Waals surface area (Å²) >= 11 is 1.35. The summed E-state index contributed by atoms with van der Waals surface area (Å²) in [6, 6.07) is 13.0. The van der Waals surface area contributed by atoms with Gasteiger partial charge in [-0.3, -0.25) is 4.79 Å². The summed E-state index contributed by atoms with van der Waals surface area (Å²) in [5, 5.41) is 11.7. The van der Waals surface area contributed by atoms with Crippen LogP contribution >= 0.6 is 11.8 Å². The van der Waals surface area contributed by atoms with Gasteiger partial charge in [-0.05, 0) is 42.0 Å². The minimum atomic E-state index is -0.289. The molecular formula is C15H14FNO2S. The molecule has 0 saturated carbocycles. The number of hydrogen-bond donors (Lipinski definition) is 2. The van der Waals surface area contributed by atoms with Gasteiger partial charge < -0.3 is 10.4 Å². The Bertz CT molecular complexity index is 569. The van der Waals surface area contributed by atoms with Crippen LogP contribution in [0.3, 0.4) is 0 Å². The SMILES string of the molecule is O=C(CSc1ccc(F)cc1)Nc1ccc(CO)cc1. The number of thioether (sulfide) groups is 1. The van der Waals surface area contributed by atoms with Crippen molar-refractivity contribution >= 4 is 23.4 Å². The van der Waals surface area contributed by atoms with Crippen LogP contribution in [0.2, 0.25) is 0 Å². The summed E-state index contributed by atoms with van der Waals surface area (Å²) in [4.78, 5) is 12.6. The second kappa shape index (κ2) is 7.07. The van der Waals surface area contributed by atoms with Crippen LogP contribution in [0, 0.1) is 5.82 Å². The van der Waals surface area contributed by atoms with Gasteiger partial charge in [0, 0.05) is 10.6 Å². The first-order chi connectivity index (χ1) is 9.67. The first kappa shape index (κ1) is 14.6. The summed E-state index contributed by atoms with van der Waals surface area (Å²) in [5.74, 6) is -0.160. The highest BCUT2D eigenvalue weighted by Gasteiger charge is 2.04. The molecule has 0 heterocycles.